The third-order valence-electron chi connectivity index (χ3n) is 3.68. The Labute approximate surface area is 145 Å². The number of carbonyl (C=O) groups excluding carboxylic acids is 2. The van der Waals surface area contributed by atoms with E-state index in [1.807, 2.05) is 43.3 Å². The van der Waals surface area contributed by atoms with E-state index in [4.69, 9.17) is 0 Å². The average molecular weight is 335 g/mol. The van der Waals surface area contributed by atoms with Gasteiger partial charge < -0.3 is 0 Å². The van der Waals surface area contributed by atoms with Crippen LogP contribution in [0.25, 0.3) is 0 Å². The molecule has 120 valence electrons. The van der Waals surface area contributed by atoms with Crippen LogP contribution in [0.15, 0.2) is 60.8 Å². The van der Waals surface area contributed by atoms with Gasteiger partial charge in [-0.15, -0.1) is 11.3 Å². The fourth-order valence-corrected chi connectivity index (χ4v) is 3.41. The Morgan fingerprint density at radius 2 is 1.79 bits per heavy atom. The first-order valence-corrected chi connectivity index (χ1v) is 8.55. The normalized spacial score (nSPS) is 10.5. The molecule has 0 aliphatic carbocycles. The van der Waals surface area contributed by atoms with Gasteiger partial charge in [-0.2, -0.15) is 0 Å². The molecule has 0 aliphatic rings. The Kier molecular flexibility index (Phi) is 4.96. The van der Waals surface area contributed by atoms with Gasteiger partial charge in [-0.3, -0.25) is 14.6 Å². The number of thiophene rings is 1. The summed E-state index contributed by atoms with van der Waals surface area (Å²) in [5.74, 6) is -0.380. The van der Waals surface area contributed by atoms with Gasteiger partial charge >= 0.3 is 0 Å². The molecule has 1 aromatic carbocycles. The van der Waals surface area contributed by atoms with E-state index in [1.165, 1.54) is 16.9 Å². The molecule has 0 atom stereocenters. The summed E-state index contributed by atoms with van der Waals surface area (Å²) in [6.45, 7) is 1.90. The van der Waals surface area contributed by atoms with Crippen molar-refractivity contribution in [3.05, 3.63) is 87.4 Å². The Morgan fingerprint density at radius 3 is 2.54 bits per heavy atom. The lowest BCUT2D eigenvalue weighted by Gasteiger charge is -2.00. The van der Waals surface area contributed by atoms with Crippen molar-refractivity contribution >= 4 is 22.9 Å². The second-order valence-electron chi connectivity index (χ2n) is 5.67. The van der Waals surface area contributed by atoms with Gasteiger partial charge in [0.25, 0.3) is 0 Å². The minimum atomic E-state index is -0.235. The molecule has 2 heterocycles. The summed E-state index contributed by atoms with van der Waals surface area (Å²) >= 11 is 1.45. The largest absolute Gasteiger partial charge is 0.293 e. The van der Waals surface area contributed by atoms with Crippen LogP contribution in [0.5, 0.6) is 0 Å². The molecule has 0 N–H and O–H groups in total. The zero-order valence-corrected chi connectivity index (χ0v) is 14.2. The summed E-state index contributed by atoms with van der Waals surface area (Å²) in [6, 6.07) is 17.4. The van der Waals surface area contributed by atoms with E-state index >= 15 is 0 Å². The predicted octanol–water partition coefficient (Wildman–Crippen LogP) is 4.50. The number of hydrogen-bond acceptors (Lipinski definition) is 4. The van der Waals surface area contributed by atoms with Crippen LogP contribution in [0.4, 0.5) is 0 Å². The molecule has 0 amide bonds. The van der Waals surface area contributed by atoms with E-state index in [-0.39, 0.29) is 18.0 Å². The third-order valence-corrected chi connectivity index (χ3v) is 4.81. The van der Waals surface area contributed by atoms with Crippen LogP contribution in [0.2, 0.25) is 0 Å². The molecule has 0 bridgehead atoms. The highest BCUT2D eigenvalue weighted by Gasteiger charge is 2.16. The van der Waals surface area contributed by atoms with Gasteiger partial charge in [0, 0.05) is 17.5 Å². The molecule has 0 radical (unpaired) electrons. The fourth-order valence-electron chi connectivity index (χ4n) is 2.43. The summed E-state index contributed by atoms with van der Waals surface area (Å²) in [5, 5.41) is 0. The van der Waals surface area contributed by atoms with Crippen molar-refractivity contribution in [3.8, 4) is 0 Å². The predicted molar refractivity (Wildman–Crippen MR) is 95.8 cm³/mol. The maximum Gasteiger partial charge on any atom is 0.188 e. The van der Waals surface area contributed by atoms with Crippen molar-refractivity contribution in [1.82, 2.24) is 4.98 Å². The van der Waals surface area contributed by atoms with Crippen molar-refractivity contribution < 1.29 is 9.59 Å². The molecule has 0 saturated carbocycles. The van der Waals surface area contributed by atoms with Crippen LogP contribution >= 0.6 is 11.3 Å². The highest BCUT2D eigenvalue weighted by Crippen LogP contribution is 2.21. The summed E-state index contributed by atoms with van der Waals surface area (Å²) in [5.41, 5.74) is 2.52. The van der Waals surface area contributed by atoms with Crippen LogP contribution in [0.1, 0.15) is 42.6 Å². The van der Waals surface area contributed by atoms with E-state index < -0.39 is 0 Å². The van der Waals surface area contributed by atoms with Crippen molar-refractivity contribution in [3.63, 3.8) is 0 Å². The number of pyridine rings is 1. The van der Waals surface area contributed by atoms with Crippen molar-refractivity contribution in [1.29, 1.82) is 0 Å². The zero-order valence-electron chi connectivity index (χ0n) is 13.4. The van der Waals surface area contributed by atoms with Crippen LogP contribution in [-0.4, -0.2) is 16.6 Å². The first kappa shape index (κ1) is 16.3. The number of nitrogens with zero attached hydrogens (tertiary/aromatic N) is 1. The quantitative estimate of drug-likeness (QED) is 0.492. The number of benzene rings is 1. The summed E-state index contributed by atoms with van der Waals surface area (Å²) < 4.78 is 0. The average Bonchev–Trinajstić information content (AvgIpc) is 3.04. The van der Waals surface area contributed by atoms with E-state index in [2.05, 4.69) is 17.1 Å². The van der Waals surface area contributed by atoms with Gasteiger partial charge in [-0.1, -0.05) is 30.3 Å². The third kappa shape index (κ3) is 4.03. The second kappa shape index (κ2) is 7.32. The molecule has 3 aromatic rings. The molecule has 0 spiro atoms. The Hall–Kier alpha value is -2.59. The molecule has 3 rings (SSSR count). The lowest BCUT2D eigenvalue weighted by molar-refractivity contribution is 0.0893. The van der Waals surface area contributed by atoms with Crippen molar-refractivity contribution in [2.24, 2.45) is 0 Å². The number of aryl methyl sites for hydroxylation is 1. The molecule has 0 aliphatic heterocycles. The first-order valence-electron chi connectivity index (χ1n) is 7.73. The van der Waals surface area contributed by atoms with Gasteiger partial charge in [0.1, 0.15) is 5.69 Å². The lowest BCUT2D eigenvalue weighted by atomic mass is 10.1. The van der Waals surface area contributed by atoms with Crippen molar-refractivity contribution in [2.45, 2.75) is 19.8 Å². The minimum absolute atomic E-state index is 0.137. The molecule has 0 unspecified atom stereocenters. The topological polar surface area (TPSA) is 47.0 Å². The van der Waals surface area contributed by atoms with Crippen LogP contribution in [0.3, 0.4) is 0 Å². The maximum atomic E-state index is 12.3. The van der Waals surface area contributed by atoms with E-state index in [0.717, 1.165) is 16.9 Å². The van der Waals surface area contributed by atoms with Gasteiger partial charge in [0.05, 0.1) is 11.3 Å². The molecular formula is C20H17NO2S. The van der Waals surface area contributed by atoms with E-state index in [9.17, 15) is 9.59 Å². The Bertz CT molecular complexity index is 868. The number of hydrogen-bond donors (Lipinski definition) is 0. The summed E-state index contributed by atoms with van der Waals surface area (Å²) in [4.78, 5) is 30.3. The highest BCUT2D eigenvalue weighted by atomic mass is 32.1. The monoisotopic (exact) mass is 335 g/mol. The van der Waals surface area contributed by atoms with Gasteiger partial charge in [0.15, 0.2) is 11.6 Å². The minimum Gasteiger partial charge on any atom is -0.293 e. The summed E-state index contributed by atoms with van der Waals surface area (Å²) in [6.07, 6.45) is 2.25. The van der Waals surface area contributed by atoms with Crippen molar-refractivity contribution in [2.75, 3.05) is 0 Å². The van der Waals surface area contributed by atoms with Crippen LogP contribution < -0.4 is 0 Å². The van der Waals surface area contributed by atoms with Crippen LogP contribution in [0, 0.1) is 6.92 Å². The van der Waals surface area contributed by atoms with E-state index in [0.29, 0.717) is 10.6 Å². The molecular weight excluding hydrogens is 318 g/mol. The lowest BCUT2D eigenvalue weighted by Crippen LogP contribution is -2.09. The molecule has 24 heavy (non-hydrogen) atoms. The second-order valence-corrected chi connectivity index (χ2v) is 6.84. The SMILES string of the molecule is Cc1ccnc(C(=O)CC(=O)c2ccc(Cc3ccccc3)s2)c1. The number of aromatic nitrogens is 1. The van der Waals surface area contributed by atoms with Gasteiger partial charge in [0.2, 0.25) is 0 Å². The molecule has 2 aromatic heterocycles. The standard InChI is InChI=1S/C20H17NO2S/c1-14-9-10-21-17(11-14)18(22)13-19(23)20-8-7-16(24-20)12-15-5-3-2-4-6-15/h2-11H,12-13H2,1H3. The number of rotatable bonds is 6. The molecule has 3 nitrogen and oxygen atoms in total. The van der Waals surface area contributed by atoms with E-state index in [1.54, 1.807) is 12.3 Å². The molecule has 0 saturated heterocycles. The number of ketones is 2. The maximum absolute atomic E-state index is 12.3. The zero-order chi connectivity index (χ0) is 16.9. The highest BCUT2D eigenvalue weighted by molar-refractivity contribution is 7.14. The van der Waals surface area contributed by atoms with Gasteiger partial charge in [-0.05, 0) is 42.3 Å². The molecule has 4 heteroatoms. The first-order chi connectivity index (χ1) is 11.6. The summed E-state index contributed by atoms with van der Waals surface area (Å²) in [7, 11) is 0. The van der Waals surface area contributed by atoms with Gasteiger partial charge in [-0.25, -0.2) is 0 Å². The smallest absolute Gasteiger partial charge is 0.188 e. The number of Topliss-reactive ketones (excluding diaryl/α,β-unsaturated/α-hetero) is 2. The Morgan fingerprint density at radius 1 is 1.00 bits per heavy atom. The number of carbonyl (C=O) groups is 2. The Balaban J connectivity index is 1.66. The fraction of sp³-hybridized carbons (Fsp3) is 0.150. The molecule has 0 fully saturated rings. The van der Waals surface area contributed by atoms with Crippen LogP contribution in [-0.2, 0) is 6.42 Å².